The van der Waals surface area contributed by atoms with Crippen molar-refractivity contribution in [3.8, 4) is 11.4 Å². The molecule has 1 aromatic carbocycles. The average molecular weight is 418 g/mol. The first-order chi connectivity index (χ1) is 14.7. The maximum atomic E-state index is 5.61. The van der Waals surface area contributed by atoms with Gasteiger partial charge in [-0.2, -0.15) is 16.4 Å². The topological polar surface area (TPSA) is 57.8 Å². The molecule has 1 aliphatic heterocycles. The van der Waals surface area contributed by atoms with Crippen molar-refractivity contribution in [2.45, 2.75) is 32.2 Å². The summed E-state index contributed by atoms with van der Waals surface area (Å²) >= 11 is 1.74. The lowest BCUT2D eigenvalue weighted by Gasteiger charge is -2.21. The van der Waals surface area contributed by atoms with Gasteiger partial charge in [-0.05, 0) is 65.9 Å². The van der Waals surface area contributed by atoms with Gasteiger partial charge in [0.15, 0.2) is 5.82 Å². The first-order valence-corrected chi connectivity index (χ1v) is 11.0. The van der Waals surface area contributed by atoms with Crippen molar-refractivity contribution in [1.82, 2.24) is 24.3 Å². The van der Waals surface area contributed by atoms with Crippen LogP contribution in [0.5, 0.6) is 5.75 Å². The summed E-state index contributed by atoms with van der Waals surface area (Å²) in [6.07, 6.45) is 10.1. The van der Waals surface area contributed by atoms with Crippen LogP contribution < -0.4 is 4.74 Å². The number of aryl methyl sites for hydroxylation is 2. The third kappa shape index (κ3) is 3.57. The Morgan fingerprint density at radius 1 is 1.23 bits per heavy atom. The van der Waals surface area contributed by atoms with E-state index in [4.69, 9.17) is 14.8 Å². The number of benzene rings is 1. The van der Waals surface area contributed by atoms with Gasteiger partial charge in [-0.15, -0.1) is 0 Å². The standard InChI is InChI=1S/C23H23N5OS/c1-16-13-27(15-24-16)20-7-5-17(12-21(20)29-2)6-8-22-25-23-19(18-9-11-30-14-18)4-3-10-28(23)26-22/h5-9,11-15,19H,3-4,10H2,1-2H3/b8-6+. The number of rotatable bonds is 5. The number of aromatic nitrogens is 5. The number of imidazole rings is 1. The molecule has 1 atom stereocenters. The van der Waals surface area contributed by atoms with Crippen molar-refractivity contribution in [2.24, 2.45) is 0 Å². The highest BCUT2D eigenvalue weighted by Crippen LogP contribution is 2.33. The lowest BCUT2D eigenvalue weighted by molar-refractivity contribution is 0.413. The SMILES string of the molecule is COc1cc(/C=C/c2nc3n(n2)CCCC3c2ccsc2)ccc1-n1cnc(C)c1. The fourth-order valence-corrected chi connectivity index (χ4v) is 4.68. The maximum absolute atomic E-state index is 5.61. The van der Waals surface area contributed by atoms with Crippen LogP contribution in [-0.2, 0) is 6.54 Å². The molecule has 4 aromatic rings. The van der Waals surface area contributed by atoms with E-state index in [2.05, 4.69) is 32.6 Å². The Kier molecular flexibility index (Phi) is 4.96. The van der Waals surface area contributed by atoms with Crippen molar-refractivity contribution in [2.75, 3.05) is 7.11 Å². The Morgan fingerprint density at radius 3 is 2.93 bits per heavy atom. The van der Waals surface area contributed by atoms with Gasteiger partial charge in [0.25, 0.3) is 0 Å². The molecule has 0 saturated carbocycles. The molecule has 152 valence electrons. The summed E-state index contributed by atoms with van der Waals surface area (Å²) < 4.78 is 9.64. The van der Waals surface area contributed by atoms with Gasteiger partial charge < -0.3 is 9.30 Å². The number of nitrogens with zero attached hydrogens (tertiary/aromatic N) is 5. The molecule has 0 fully saturated rings. The normalized spacial score (nSPS) is 16.1. The van der Waals surface area contributed by atoms with Gasteiger partial charge in [-0.25, -0.2) is 14.6 Å². The Bertz CT molecular complexity index is 1190. The molecule has 1 aliphatic rings. The molecule has 6 nitrogen and oxygen atoms in total. The van der Waals surface area contributed by atoms with Crippen LogP contribution in [0.25, 0.3) is 17.8 Å². The fourth-order valence-electron chi connectivity index (χ4n) is 3.96. The van der Waals surface area contributed by atoms with Gasteiger partial charge in [0.05, 0.1) is 24.8 Å². The minimum Gasteiger partial charge on any atom is -0.495 e. The molecular weight excluding hydrogens is 394 g/mol. The van der Waals surface area contributed by atoms with Crippen molar-refractivity contribution in [3.05, 3.63) is 76.0 Å². The zero-order valence-electron chi connectivity index (χ0n) is 17.0. The molecule has 4 heterocycles. The number of hydrogen-bond acceptors (Lipinski definition) is 5. The van der Waals surface area contributed by atoms with Gasteiger partial charge in [-0.3, -0.25) is 0 Å². The quantitative estimate of drug-likeness (QED) is 0.462. The van der Waals surface area contributed by atoms with E-state index in [9.17, 15) is 0 Å². The Morgan fingerprint density at radius 2 is 2.17 bits per heavy atom. The molecule has 0 amide bonds. The van der Waals surface area contributed by atoms with Gasteiger partial charge in [0.1, 0.15) is 11.6 Å². The van der Waals surface area contributed by atoms with E-state index < -0.39 is 0 Å². The van der Waals surface area contributed by atoms with Crippen LogP contribution in [0.4, 0.5) is 0 Å². The van der Waals surface area contributed by atoms with Gasteiger partial charge in [0.2, 0.25) is 0 Å². The minimum atomic E-state index is 0.345. The lowest BCUT2D eigenvalue weighted by atomic mass is 9.93. The minimum absolute atomic E-state index is 0.345. The van der Waals surface area contributed by atoms with E-state index >= 15 is 0 Å². The Balaban J connectivity index is 1.41. The highest BCUT2D eigenvalue weighted by molar-refractivity contribution is 7.08. The summed E-state index contributed by atoms with van der Waals surface area (Å²) in [5, 5.41) is 9.07. The van der Waals surface area contributed by atoms with Crippen LogP contribution in [0.1, 0.15) is 47.2 Å². The van der Waals surface area contributed by atoms with Gasteiger partial charge in [0, 0.05) is 18.7 Å². The highest BCUT2D eigenvalue weighted by atomic mass is 32.1. The summed E-state index contributed by atoms with van der Waals surface area (Å²) in [6.45, 7) is 2.91. The number of ether oxygens (including phenoxy) is 1. The average Bonchev–Trinajstić information content (AvgIpc) is 3.52. The van der Waals surface area contributed by atoms with Crippen LogP contribution in [0.3, 0.4) is 0 Å². The predicted octanol–water partition coefficient (Wildman–Crippen LogP) is 4.94. The number of hydrogen-bond donors (Lipinski definition) is 0. The molecule has 3 aromatic heterocycles. The molecule has 0 spiro atoms. The van der Waals surface area contributed by atoms with Crippen LogP contribution in [-0.4, -0.2) is 31.4 Å². The second-order valence-electron chi connectivity index (χ2n) is 7.49. The van der Waals surface area contributed by atoms with Crippen LogP contribution in [0.2, 0.25) is 0 Å². The van der Waals surface area contributed by atoms with E-state index in [-0.39, 0.29) is 0 Å². The van der Waals surface area contributed by atoms with Crippen molar-refractivity contribution in [1.29, 1.82) is 0 Å². The summed E-state index contributed by atoms with van der Waals surface area (Å²) in [5.74, 6) is 2.96. The van der Waals surface area contributed by atoms with Crippen molar-refractivity contribution >= 4 is 23.5 Å². The Labute approximate surface area is 179 Å². The lowest BCUT2D eigenvalue weighted by Crippen LogP contribution is -2.17. The molecular formula is C23H23N5OS. The van der Waals surface area contributed by atoms with E-state index in [1.165, 1.54) is 5.56 Å². The second-order valence-corrected chi connectivity index (χ2v) is 8.27. The first-order valence-electron chi connectivity index (χ1n) is 10.0. The summed E-state index contributed by atoms with van der Waals surface area (Å²) in [6, 6.07) is 8.32. The van der Waals surface area contributed by atoms with Crippen molar-refractivity contribution in [3.63, 3.8) is 0 Å². The third-order valence-corrected chi connectivity index (χ3v) is 6.16. The fraction of sp³-hybridized carbons (Fsp3) is 0.261. The maximum Gasteiger partial charge on any atom is 0.174 e. The van der Waals surface area contributed by atoms with E-state index in [0.29, 0.717) is 5.92 Å². The second kappa shape index (κ2) is 7.91. The molecule has 5 rings (SSSR count). The third-order valence-electron chi connectivity index (χ3n) is 5.46. The largest absolute Gasteiger partial charge is 0.495 e. The molecule has 1 unspecified atom stereocenters. The van der Waals surface area contributed by atoms with Crippen molar-refractivity contribution < 1.29 is 4.74 Å². The molecule has 30 heavy (non-hydrogen) atoms. The molecule has 0 aliphatic carbocycles. The summed E-state index contributed by atoms with van der Waals surface area (Å²) in [4.78, 5) is 9.14. The number of fused-ring (bicyclic) bond motifs is 1. The number of thiophene rings is 1. The number of methoxy groups -OCH3 is 1. The van der Waals surface area contributed by atoms with Gasteiger partial charge in [-0.1, -0.05) is 12.1 Å². The molecule has 0 radical (unpaired) electrons. The predicted molar refractivity (Wildman–Crippen MR) is 119 cm³/mol. The van der Waals surface area contributed by atoms with Crippen LogP contribution in [0.15, 0.2) is 47.5 Å². The molecule has 0 saturated heterocycles. The zero-order valence-corrected chi connectivity index (χ0v) is 17.8. The monoisotopic (exact) mass is 417 g/mol. The summed E-state index contributed by atoms with van der Waals surface area (Å²) in [7, 11) is 1.69. The molecule has 0 N–H and O–H groups in total. The van der Waals surface area contributed by atoms with Crippen LogP contribution in [0, 0.1) is 6.92 Å². The molecule has 7 heteroatoms. The highest BCUT2D eigenvalue weighted by Gasteiger charge is 2.25. The van der Waals surface area contributed by atoms with Gasteiger partial charge >= 0.3 is 0 Å². The van der Waals surface area contributed by atoms with E-state index in [1.54, 1.807) is 24.8 Å². The van der Waals surface area contributed by atoms with E-state index in [1.807, 2.05) is 42.0 Å². The van der Waals surface area contributed by atoms with E-state index in [0.717, 1.165) is 53.7 Å². The smallest absolute Gasteiger partial charge is 0.174 e. The zero-order chi connectivity index (χ0) is 20.5. The van der Waals surface area contributed by atoms with Crippen LogP contribution >= 0.6 is 11.3 Å². The summed E-state index contributed by atoms with van der Waals surface area (Å²) in [5.41, 5.74) is 4.31. The molecule has 0 bridgehead atoms. The first kappa shape index (κ1) is 18.8. The Hall–Kier alpha value is -3.19.